The largest absolute Gasteiger partial charge is 0.489 e. The van der Waals surface area contributed by atoms with Gasteiger partial charge in [0.05, 0.1) is 28.5 Å². The number of ether oxygens (including phenoxy) is 2. The SMILES string of the molecule is C[C@]1(N)COc2cc(-c3cc4c5c(nn4cn3)[C@H]3CC5c4c(OC(F)F)cccc4C(=O)N3)cnc21. The predicted molar refractivity (Wildman–Crippen MR) is 123 cm³/mol. The highest BCUT2D eigenvalue weighted by Gasteiger charge is 2.43. The highest BCUT2D eigenvalue weighted by Crippen LogP contribution is 2.51. The molecule has 4 aromatic rings. The lowest BCUT2D eigenvalue weighted by Crippen LogP contribution is -2.35. The summed E-state index contributed by atoms with van der Waals surface area (Å²) in [5, 5.41) is 7.67. The molecule has 0 saturated heterocycles. The number of carbonyl (C=O) groups is 1. The standard InChI is InChI=1S/C25H20F2N6O3/c1-25(28)9-35-18-5-11(8-29-22(18)25)14-7-16-20-13-6-15(21(20)32-33(16)10-30-14)31-23(34)12-3-2-4-17(19(12)13)36-24(26)27/h2-5,7-8,10,13,15,24H,6,9,28H2,1H3,(H,31,34)/t13?,15-,25+/m1/s1. The average Bonchev–Trinajstić information content (AvgIpc) is 3.45. The van der Waals surface area contributed by atoms with Crippen LogP contribution in [0.1, 0.15) is 58.2 Å². The van der Waals surface area contributed by atoms with Gasteiger partial charge in [0.1, 0.15) is 30.1 Å². The van der Waals surface area contributed by atoms with Gasteiger partial charge in [-0.2, -0.15) is 13.9 Å². The number of rotatable bonds is 3. The molecule has 1 aliphatic carbocycles. The molecule has 1 amide bonds. The highest BCUT2D eigenvalue weighted by atomic mass is 19.3. The summed E-state index contributed by atoms with van der Waals surface area (Å²) in [6.07, 6.45) is 3.81. The summed E-state index contributed by atoms with van der Waals surface area (Å²) in [6.45, 7) is -0.795. The predicted octanol–water partition coefficient (Wildman–Crippen LogP) is 3.28. The fourth-order valence-corrected chi connectivity index (χ4v) is 5.58. The van der Waals surface area contributed by atoms with Gasteiger partial charge in [0.15, 0.2) is 0 Å². The van der Waals surface area contributed by atoms with Gasteiger partial charge in [0.2, 0.25) is 0 Å². The molecule has 3 atom stereocenters. The molecule has 3 aromatic heterocycles. The van der Waals surface area contributed by atoms with Gasteiger partial charge in [0, 0.05) is 34.4 Å². The molecule has 0 radical (unpaired) electrons. The van der Waals surface area contributed by atoms with E-state index in [9.17, 15) is 13.6 Å². The lowest BCUT2D eigenvalue weighted by Gasteiger charge is -2.19. The van der Waals surface area contributed by atoms with Crippen molar-refractivity contribution in [2.45, 2.75) is 37.5 Å². The van der Waals surface area contributed by atoms with E-state index in [0.717, 1.165) is 16.6 Å². The van der Waals surface area contributed by atoms with E-state index in [1.165, 1.54) is 6.07 Å². The molecule has 5 heterocycles. The minimum atomic E-state index is -3.01. The van der Waals surface area contributed by atoms with Crippen molar-refractivity contribution in [2.75, 3.05) is 6.61 Å². The first kappa shape index (κ1) is 21.2. The Hall–Kier alpha value is -4.12. The number of nitrogens with one attached hydrogen (secondary N) is 1. The number of nitrogens with zero attached hydrogens (tertiary/aromatic N) is 4. The second kappa shape index (κ2) is 7.20. The molecule has 2 bridgehead atoms. The number of pyridine rings is 1. The van der Waals surface area contributed by atoms with Crippen molar-refractivity contribution in [3.8, 4) is 22.8 Å². The normalized spacial score (nSPS) is 23.6. The van der Waals surface area contributed by atoms with Gasteiger partial charge in [-0.3, -0.25) is 9.78 Å². The molecule has 3 N–H and O–H groups in total. The van der Waals surface area contributed by atoms with Gasteiger partial charge < -0.3 is 20.5 Å². The van der Waals surface area contributed by atoms with Crippen molar-refractivity contribution in [3.63, 3.8) is 0 Å². The Bertz CT molecular complexity index is 1580. The number of amides is 1. The van der Waals surface area contributed by atoms with Crippen LogP contribution < -0.4 is 20.5 Å². The van der Waals surface area contributed by atoms with Gasteiger partial charge in [-0.05, 0) is 37.6 Å². The molecule has 3 aliphatic rings. The Morgan fingerprint density at radius 3 is 2.97 bits per heavy atom. The molecule has 182 valence electrons. The van der Waals surface area contributed by atoms with Crippen molar-refractivity contribution in [1.29, 1.82) is 0 Å². The van der Waals surface area contributed by atoms with E-state index in [2.05, 4.69) is 20.4 Å². The number of carbonyl (C=O) groups excluding carboxylic acids is 1. The minimum absolute atomic E-state index is 0.00501. The smallest absolute Gasteiger partial charge is 0.387 e. The number of benzene rings is 1. The third-order valence-corrected chi connectivity index (χ3v) is 7.14. The molecule has 36 heavy (non-hydrogen) atoms. The van der Waals surface area contributed by atoms with Gasteiger partial charge >= 0.3 is 6.61 Å². The van der Waals surface area contributed by atoms with Crippen molar-refractivity contribution in [3.05, 3.63) is 70.9 Å². The summed E-state index contributed by atoms with van der Waals surface area (Å²) in [6, 6.07) is 8.04. The maximum Gasteiger partial charge on any atom is 0.387 e. The van der Waals surface area contributed by atoms with Crippen LogP contribution in [0.5, 0.6) is 11.5 Å². The van der Waals surface area contributed by atoms with Crippen LogP contribution in [-0.2, 0) is 5.54 Å². The Balaban J connectivity index is 1.39. The van der Waals surface area contributed by atoms with E-state index < -0.39 is 12.2 Å². The van der Waals surface area contributed by atoms with E-state index in [0.29, 0.717) is 47.0 Å². The zero-order valence-corrected chi connectivity index (χ0v) is 19.0. The molecule has 2 aliphatic heterocycles. The van der Waals surface area contributed by atoms with Gasteiger partial charge in [-0.15, -0.1) is 0 Å². The van der Waals surface area contributed by atoms with Crippen LogP contribution in [0.15, 0.2) is 42.9 Å². The number of nitrogens with two attached hydrogens (primary N) is 1. The van der Waals surface area contributed by atoms with Gasteiger partial charge in [0.25, 0.3) is 5.91 Å². The quantitative estimate of drug-likeness (QED) is 0.453. The minimum Gasteiger partial charge on any atom is -0.489 e. The fraction of sp³-hybridized carbons (Fsp3) is 0.280. The first-order valence-corrected chi connectivity index (χ1v) is 11.5. The Labute approximate surface area is 203 Å². The number of alkyl halides is 2. The lowest BCUT2D eigenvalue weighted by molar-refractivity contribution is -0.0505. The van der Waals surface area contributed by atoms with E-state index in [1.54, 1.807) is 29.2 Å². The van der Waals surface area contributed by atoms with Crippen molar-refractivity contribution in [1.82, 2.24) is 24.9 Å². The van der Waals surface area contributed by atoms with E-state index in [1.807, 2.05) is 19.1 Å². The second-order valence-corrected chi connectivity index (χ2v) is 9.59. The summed E-state index contributed by atoms with van der Waals surface area (Å²) in [5.74, 6) is -0.0822. The molecule has 1 unspecified atom stereocenters. The molecular weight excluding hydrogens is 470 g/mol. The molecule has 9 nitrogen and oxygen atoms in total. The molecule has 7 rings (SSSR count). The third kappa shape index (κ3) is 2.95. The summed E-state index contributed by atoms with van der Waals surface area (Å²) in [5.41, 5.74) is 10.8. The zero-order chi connectivity index (χ0) is 24.8. The number of aromatic nitrogens is 4. The number of fused-ring (bicyclic) bond motifs is 10. The summed E-state index contributed by atoms with van der Waals surface area (Å²) in [4.78, 5) is 22.0. The fourth-order valence-electron chi connectivity index (χ4n) is 5.58. The third-order valence-electron chi connectivity index (χ3n) is 7.14. The molecular formula is C25H20F2N6O3. The van der Waals surface area contributed by atoms with Gasteiger partial charge in [-0.25, -0.2) is 9.50 Å². The van der Waals surface area contributed by atoms with Crippen molar-refractivity contribution in [2.24, 2.45) is 5.73 Å². The van der Waals surface area contributed by atoms with Crippen LogP contribution in [0.25, 0.3) is 16.8 Å². The molecule has 0 fully saturated rings. The van der Waals surface area contributed by atoms with Crippen molar-refractivity contribution >= 4 is 11.4 Å². The topological polar surface area (TPSA) is 117 Å². The first-order valence-electron chi connectivity index (χ1n) is 11.5. The zero-order valence-electron chi connectivity index (χ0n) is 19.0. The second-order valence-electron chi connectivity index (χ2n) is 9.59. The Morgan fingerprint density at radius 1 is 1.28 bits per heavy atom. The van der Waals surface area contributed by atoms with Crippen LogP contribution in [0.3, 0.4) is 0 Å². The van der Waals surface area contributed by atoms with Crippen molar-refractivity contribution < 1.29 is 23.0 Å². The monoisotopic (exact) mass is 490 g/mol. The van der Waals surface area contributed by atoms with E-state index in [4.69, 9.17) is 15.2 Å². The number of hydrogen-bond donors (Lipinski definition) is 2. The lowest BCUT2D eigenvalue weighted by atomic mass is 9.89. The Morgan fingerprint density at radius 2 is 2.14 bits per heavy atom. The maximum atomic E-state index is 13.2. The van der Waals surface area contributed by atoms with Crippen LogP contribution >= 0.6 is 0 Å². The summed E-state index contributed by atoms with van der Waals surface area (Å²) < 4.78 is 38.7. The molecule has 11 heteroatoms. The van der Waals surface area contributed by atoms with Crippen LogP contribution in [0, 0.1) is 0 Å². The molecule has 0 saturated carbocycles. The average molecular weight is 490 g/mol. The summed E-state index contributed by atoms with van der Waals surface area (Å²) >= 11 is 0. The van der Waals surface area contributed by atoms with Crippen LogP contribution in [0.2, 0.25) is 0 Å². The maximum absolute atomic E-state index is 13.2. The van der Waals surface area contributed by atoms with Gasteiger partial charge in [-0.1, -0.05) is 6.07 Å². The first-order chi connectivity index (χ1) is 17.3. The molecule has 0 spiro atoms. The highest BCUT2D eigenvalue weighted by molar-refractivity contribution is 5.98. The number of hydrogen-bond acceptors (Lipinski definition) is 7. The Kier molecular flexibility index (Phi) is 4.24. The van der Waals surface area contributed by atoms with E-state index >= 15 is 0 Å². The molecule has 1 aromatic carbocycles. The number of halogens is 2. The van der Waals surface area contributed by atoms with Crippen LogP contribution in [-0.4, -0.2) is 38.7 Å². The van der Waals surface area contributed by atoms with Crippen LogP contribution in [0.4, 0.5) is 8.78 Å². The van der Waals surface area contributed by atoms with E-state index in [-0.39, 0.29) is 23.6 Å². The summed E-state index contributed by atoms with van der Waals surface area (Å²) in [7, 11) is 0.